The van der Waals surface area contributed by atoms with Gasteiger partial charge in [-0.05, 0) is 50.0 Å². The molecule has 2 atom stereocenters. The minimum Gasteiger partial charge on any atom is -0.495 e. The Morgan fingerprint density at radius 3 is 2.50 bits per heavy atom. The number of piperidine rings is 2. The van der Waals surface area contributed by atoms with E-state index in [4.69, 9.17) is 9.47 Å². The molecular weight excluding hydrogens is 426 g/mol. The molecule has 2 amide bonds. The van der Waals surface area contributed by atoms with Crippen molar-refractivity contribution >= 4 is 23.3 Å². The Labute approximate surface area is 194 Å². The number of fused-ring (bicyclic) bond motifs is 1. The molecule has 1 aromatic rings. The first kappa shape index (κ1) is 22.0. The Balaban J connectivity index is 1.13. The molecule has 8 heteroatoms. The highest BCUT2D eigenvalue weighted by molar-refractivity contribution is 7.12. The number of hydrogen-bond donors (Lipinski definition) is 0. The van der Waals surface area contributed by atoms with Crippen molar-refractivity contribution in [3.63, 3.8) is 0 Å². The summed E-state index contributed by atoms with van der Waals surface area (Å²) in [7, 11) is 1.62. The predicted molar refractivity (Wildman–Crippen MR) is 123 cm³/mol. The van der Waals surface area contributed by atoms with Crippen LogP contribution in [-0.2, 0) is 4.74 Å². The highest BCUT2D eigenvalue weighted by Crippen LogP contribution is 2.36. The van der Waals surface area contributed by atoms with E-state index >= 15 is 0 Å². The van der Waals surface area contributed by atoms with E-state index in [-0.39, 0.29) is 12.0 Å². The van der Waals surface area contributed by atoms with Gasteiger partial charge in [-0.3, -0.25) is 4.79 Å². The van der Waals surface area contributed by atoms with Crippen LogP contribution >= 0.6 is 11.3 Å². The first-order chi connectivity index (χ1) is 15.7. The quantitative estimate of drug-likeness (QED) is 0.682. The molecule has 5 rings (SSSR count). The van der Waals surface area contributed by atoms with E-state index in [1.165, 1.54) is 30.6 Å². The molecule has 3 aliphatic heterocycles. The van der Waals surface area contributed by atoms with Crippen LogP contribution in [0, 0.1) is 5.92 Å². The lowest BCUT2D eigenvalue weighted by atomic mass is 9.82. The van der Waals surface area contributed by atoms with Gasteiger partial charge in [-0.15, -0.1) is 11.3 Å². The molecule has 4 fully saturated rings. The third kappa shape index (κ3) is 4.23. The Hall–Kier alpha value is -1.80. The zero-order valence-electron chi connectivity index (χ0n) is 19.0. The lowest BCUT2D eigenvalue weighted by Crippen LogP contribution is -2.59. The Kier molecular flexibility index (Phi) is 6.60. The van der Waals surface area contributed by atoms with Crippen molar-refractivity contribution in [1.29, 1.82) is 0 Å². The highest BCUT2D eigenvalue weighted by atomic mass is 32.1. The monoisotopic (exact) mass is 461 g/mol. The fourth-order valence-electron chi connectivity index (χ4n) is 6.28. The Bertz CT molecular complexity index is 814. The molecule has 1 saturated carbocycles. The third-order valence-electron chi connectivity index (χ3n) is 8.06. The molecular formula is C24H35N3O4S. The second-order valence-corrected chi connectivity index (χ2v) is 10.6. The van der Waals surface area contributed by atoms with Gasteiger partial charge in [-0.1, -0.05) is 12.8 Å². The van der Waals surface area contributed by atoms with Gasteiger partial charge < -0.3 is 24.2 Å². The fourth-order valence-corrected chi connectivity index (χ4v) is 7.10. The summed E-state index contributed by atoms with van der Waals surface area (Å²) in [6.45, 7) is 4.28. The van der Waals surface area contributed by atoms with Crippen LogP contribution in [0.1, 0.15) is 61.0 Å². The van der Waals surface area contributed by atoms with Gasteiger partial charge in [0.25, 0.3) is 5.91 Å². The van der Waals surface area contributed by atoms with Crippen LogP contribution in [0.4, 0.5) is 4.79 Å². The largest absolute Gasteiger partial charge is 0.495 e. The zero-order valence-corrected chi connectivity index (χ0v) is 19.9. The maximum Gasteiger partial charge on any atom is 0.410 e. The van der Waals surface area contributed by atoms with Crippen LogP contribution in [0.25, 0.3) is 0 Å². The average Bonchev–Trinajstić information content (AvgIpc) is 3.33. The van der Waals surface area contributed by atoms with Gasteiger partial charge in [0.15, 0.2) is 0 Å². The van der Waals surface area contributed by atoms with Crippen molar-refractivity contribution in [2.45, 2.75) is 69.5 Å². The van der Waals surface area contributed by atoms with Crippen LogP contribution in [0.3, 0.4) is 0 Å². The number of carbonyl (C=O) groups is 2. The van der Waals surface area contributed by atoms with Crippen LogP contribution in [0.15, 0.2) is 11.4 Å². The van der Waals surface area contributed by atoms with Crippen LogP contribution in [0.5, 0.6) is 5.75 Å². The van der Waals surface area contributed by atoms with Crippen LogP contribution < -0.4 is 4.74 Å². The average molecular weight is 462 g/mol. The molecule has 7 nitrogen and oxygen atoms in total. The van der Waals surface area contributed by atoms with E-state index in [0.29, 0.717) is 41.3 Å². The van der Waals surface area contributed by atoms with E-state index in [2.05, 4.69) is 9.80 Å². The van der Waals surface area contributed by atoms with E-state index < -0.39 is 0 Å². The molecule has 0 aromatic carbocycles. The second kappa shape index (κ2) is 9.59. The van der Waals surface area contributed by atoms with Crippen molar-refractivity contribution in [1.82, 2.24) is 14.7 Å². The molecule has 0 N–H and O–H groups in total. The van der Waals surface area contributed by atoms with E-state index in [1.807, 2.05) is 16.3 Å². The lowest BCUT2D eigenvalue weighted by Gasteiger charge is -2.49. The summed E-state index contributed by atoms with van der Waals surface area (Å²) < 4.78 is 10.9. The molecule has 0 bridgehead atoms. The van der Waals surface area contributed by atoms with E-state index in [9.17, 15) is 9.59 Å². The highest BCUT2D eigenvalue weighted by Gasteiger charge is 2.43. The summed E-state index contributed by atoms with van der Waals surface area (Å²) in [6, 6.07) is 3.10. The molecule has 4 aliphatic rings. The standard InChI is InChI=1S/C24H35N3O4S/c1-30-21-10-15-32-22(21)23(28)26-13-6-18(7-14-26)25-11-8-19(9-12-25)27-20-5-3-2-4-17(20)16-31-24(27)29/h10,15,17-20H,2-9,11-14,16H2,1H3/t17-,20+/m0/s1. The number of carbonyl (C=O) groups excluding carboxylic acids is 2. The molecule has 3 saturated heterocycles. The molecule has 0 unspecified atom stereocenters. The normalized spacial score (nSPS) is 28.3. The molecule has 0 radical (unpaired) electrons. The SMILES string of the molecule is COc1ccsc1C(=O)N1CCC(N2CCC(N3C(=O)OC[C@@H]4CCCC[C@H]43)CC2)CC1. The summed E-state index contributed by atoms with van der Waals surface area (Å²) in [6.07, 6.45) is 8.85. The lowest BCUT2D eigenvalue weighted by molar-refractivity contribution is -0.0406. The fraction of sp³-hybridized carbons (Fsp3) is 0.750. The maximum absolute atomic E-state index is 12.9. The predicted octanol–water partition coefficient (Wildman–Crippen LogP) is 3.84. The van der Waals surface area contributed by atoms with Gasteiger partial charge in [0.05, 0.1) is 13.7 Å². The second-order valence-electron chi connectivity index (χ2n) is 9.70. The number of nitrogens with zero attached hydrogens (tertiary/aromatic N) is 3. The summed E-state index contributed by atoms with van der Waals surface area (Å²) in [5, 5.41) is 1.91. The van der Waals surface area contributed by atoms with Gasteiger partial charge in [-0.2, -0.15) is 0 Å². The third-order valence-corrected chi connectivity index (χ3v) is 8.95. The molecule has 1 aliphatic carbocycles. The first-order valence-electron chi connectivity index (χ1n) is 12.3. The summed E-state index contributed by atoms with van der Waals surface area (Å²) in [4.78, 5) is 32.9. The first-order valence-corrected chi connectivity index (χ1v) is 13.1. The number of ether oxygens (including phenoxy) is 2. The number of cyclic esters (lactones) is 1. The van der Waals surface area contributed by atoms with Crippen molar-refractivity contribution in [3.8, 4) is 5.75 Å². The van der Waals surface area contributed by atoms with E-state index in [0.717, 1.165) is 58.3 Å². The van der Waals surface area contributed by atoms with Crippen molar-refractivity contribution in [2.24, 2.45) is 5.92 Å². The van der Waals surface area contributed by atoms with Gasteiger partial charge in [-0.25, -0.2) is 4.79 Å². The zero-order chi connectivity index (χ0) is 22.1. The number of likely N-dealkylation sites (tertiary alicyclic amines) is 2. The topological polar surface area (TPSA) is 62.3 Å². The van der Waals surface area contributed by atoms with E-state index in [1.54, 1.807) is 7.11 Å². The molecule has 176 valence electrons. The molecule has 4 heterocycles. The van der Waals surface area contributed by atoms with Gasteiger partial charge in [0.2, 0.25) is 0 Å². The van der Waals surface area contributed by atoms with Crippen molar-refractivity contribution < 1.29 is 19.1 Å². The summed E-state index contributed by atoms with van der Waals surface area (Å²) >= 11 is 1.46. The summed E-state index contributed by atoms with van der Waals surface area (Å²) in [5.41, 5.74) is 0. The molecule has 1 aromatic heterocycles. The number of hydrogen-bond acceptors (Lipinski definition) is 6. The van der Waals surface area contributed by atoms with Crippen molar-refractivity contribution in [3.05, 3.63) is 16.3 Å². The number of methoxy groups -OCH3 is 1. The minimum atomic E-state index is -0.0811. The Morgan fingerprint density at radius 2 is 1.75 bits per heavy atom. The van der Waals surface area contributed by atoms with Crippen molar-refractivity contribution in [2.75, 3.05) is 39.9 Å². The van der Waals surface area contributed by atoms with Crippen LogP contribution in [-0.4, -0.2) is 84.7 Å². The molecule has 0 spiro atoms. The number of rotatable bonds is 4. The smallest absolute Gasteiger partial charge is 0.410 e. The van der Waals surface area contributed by atoms with Gasteiger partial charge >= 0.3 is 6.09 Å². The number of thiophene rings is 1. The maximum atomic E-state index is 12.9. The number of amides is 2. The Morgan fingerprint density at radius 1 is 1.03 bits per heavy atom. The van der Waals surface area contributed by atoms with Gasteiger partial charge in [0, 0.05) is 50.2 Å². The minimum absolute atomic E-state index is 0.0811. The van der Waals surface area contributed by atoms with Crippen LogP contribution in [0.2, 0.25) is 0 Å². The summed E-state index contributed by atoms with van der Waals surface area (Å²) in [5.74, 6) is 1.31. The molecule has 32 heavy (non-hydrogen) atoms. The van der Waals surface area contributed by atoms with Gasteiger partial charge in [0.1, 0.15) is 10.6 Å².